The Morgan fingerprint density at radius 3 is 2.85 bits per heavy atom. The fraction of sp³-hybridized carbons (Fsp3) is 0.294. The molecule has 0 aliphatic rings. The summed E-state index contributed by atoms with van der Waals surface area (Å²) in [4.78, 5) is 19.9. The molecule has 0 saturated carbocycles. The Kier molecular flexibility index (Phi) is 5.24. The number of nitrogens with one attached hydrogen (secondary N) is 1. The highest BCUT2D eigenvalue weighted by Crippen LogP contribution is 2.19. The molecule has 0 radical (unpaired) electrons. The van der Waals surface area contributed by atoms with Gasteiger partial charge in [-0.3, -0.25) is 14.5 Å². The van der Waals surface area contributed by atoms with E-state index in [-0.39, 0.29) is 24.8 Å². The summed E-state index contributed by atoms with van der Waals surface area (Å²) in [6.07, 6.45) is -1.00. The molecule has 3 heterocycles. The molecular weight excluding hydrogens is 363 g/mol. The van der Waals surface area contributed by atoms with Gasteiger partial charge in [-0.25, -0.2) is 4.98 Å². The van der Waals surface area contributed by atoms with Gasteiger partial charge in [0.1, 0.15) is 0 Å². The molecule has 1 amide bonds. The second-order valence-electron chi connectivity index (χ2n) is 5.74. The van der Waals surface area contributed by atoms with Gasteiger partial charge >= 0.3 is 6.18 Å². The van der Waals surface area contributed by atoms with Crippen LogP contribution in [0.4, 0.5) is 13.2 Å². The van der Waals surface area contributed by atoms with Crippen LogP contribution in [0.15, 0.2) is 36.7 Å². The van der Waals surface area contributed by atoms with Gasteiger partial charge < -0.3 is 10.1 Å². The Labute approximate surface area is 152 Å². The van der Waals surface area contributed by atoms with Gasteiger partial charge in [-0.2, -0.15) is 18.3 Å². The number of hydrogen-bond acceptors (Lipinski definition) is 5. The average Bonchev–Trinajstić information content (AvgIpc) is 3.03. The van der Waals surface area contributed by atoms with Crippen LogP contribution in [0.2, 0.25) is 0 Å². The molecule has 3 rings (SSSR count). The van der Waals surface area contributed by atoms with E-state index in [1.807, 2.05) is 0 Å². The predicted molar refractivity (Wildman–Crippen MR) is 90.2 cm³/mol. The third-order valence-electron chi connectivity index (χ3n) is 3.66. The Morgan fingerprint density at radius 1 is 1.30 bits per heavy atom. The van der Waals surface area contributed by atoms with Crippen molar-refractivity contribution in [2.75, 3.05) is 13.7 Å². The summed E-state index contributed by atoms with van der Waals surface area (Å²) >= 11 is 0. The van der Waals surface area contributed by atoms with Crippen molar-refractivity contribution in [2.24, 2.45) is 0 Å². The number of likely N-dealkylation sites (N-methyl/N-ethyl adjacent to an activating group) is 1. The lowest BCUT2D eigenvalue weighted by Gasteiger charge is -2.09. The summed E-state index contributed by atoms with van der Waals surface area (Å²) in [6.45, 7) is -1.17. The predicted octanol–water partition coefficient (Wildman–Crippen LogP) is 2.10. The molecule has 0 atom stereocenters. The average molecular weight is 379 g/mol. The van der Waals surface area contributed by atoms with E-state index in [4.69, 9.17) is 0 Å². The van der Waals surface area contributed by atoms with Gasteiger partial charge in [0.15, 0.2) is 6.61 Å². The smallest absolute Gasteiger partial charge is 0.422 e. The number of rotatable bonds is 6. The van der Waals surface area contributed by atoms with E-state index in [0.717, 1.165) is 5.39 Å². The van der Waals surface area contributed by atoms with Crippen molar-refractivity contribution in [2.45, 2.75) is 19.1 Å². The number of aromatic nitrogens is 4. The van der Waals surface area contributed by atoms with E-state index in [0.29, 0.717) is 16.9 Å². The van der Waals surface area contributed by atoms with Gasteiger partial charge in [0.2, 0.25) is 11.8 Å². The number of pyridine rings is 2. The summed E-state index contributed by atoms with van der Waals surface area (Å²) in [6, 6.07) is 6.31. The van der Waals surface area contributed by atoms with Gasteiger partial charge in [-0.05, 0) is 12.1 Å². The first-order valence-corrected chi connectivity index (χ1v) is 8.01. The van der Waals surface area contributed by atoms with Crippen LogP contribution in [0.5, 0.6) is 5.88 Å². The normalized spacial score (nSPS) is 11.6. The SMILES string of the molecule is CNC(=O)Cc1nccc2nn(Cc3cccc(OCC(F)(F)F)n3)cc12. The van der Waals surface area contributed by atoms with Crippen molar-refractivity contribution in [3.8, 4) is 5.88 Å². The third kappa shape index (κ3) is 4.93. The zero-order chi connectivity index (χ0) is 19.4. The number of carbonyl (C=O) groups is 1. The quantitative estimate of drug-likeness (QED) is 0.709. The van der Waals surface area contributed by atoms with Gasteiger partial charge in [0.25, 0.3) is 0 Å². The van der Waals surface area contributed by atoms with Crippen molar-refractivity contribution in [3.05, 3.63) is 48.0 Å². The first kappa shape index (κ1) is 18.6. The van der Waals surface area contributed by atoms with E-state index in [1.54, 1.807) is 42.3 Å². The monoisotopic (exact) mass is 379 g/mol. The lowest BCUT2D eigenvalue weighted by molar-refractivity contribution is -0.154. The second-order valence-corrected chi connectivity index (χ2v) is 5.74. The highest BCUT2D eigenvalue weighted by Gasteiger charge is 2.28. The second kappa shape index (κ2) is 7.60. The summed E-state index contributed by atoms with van der Waals surface area (Å²) in [5, 5.41) is 7.67. The van der Waals surface area contributed by atoms with Crippen LogP contribution in [0.1, 0.15) is 11.4 Å². The highest BCUT2D eigenvalue weighted by atomic mass is 19.4. The van der Waals surface area contributed by atoms with Crippen molar-refractivity contribution in [1.29, 1.82) is 0 Å². The molecule has 1 N–H and O–H groups in total. The van der Waals surface area contributed by atoms with Crippen LogP contribution in [-0.4, -0.2) is 45.5 Å². The van der Waals surface area contributed by atoms with Crippen molar-refractivity contribution < 1.29 is 22.7 Å². The summed E-state index contributed by atoms with van der Waals surface area (Å²) < 4.78 is 43.0. The number of fused-ring (bicyclic) bond motifs is 1. The van der Waals surface area contributed by atoms with Crippen molar-refractivity contribution >= 4 is 16.8 Å². The number of nitrogens with zero attached hydrogens (tertiary/aromatic N) is 4. The van der Waals surface area contributed by atoms with Crippen LogP contribution >= 0.6 is 0 Å². The number of carbonyl (C=O) groups excluding carboxylic acids is 1. The Morgan fingerprint density at radius 2 is 2.11 bits per heavy atom. The van der Waals surface area contributed by atoms with Crippen LogP contribution in [0.3, 0.4) is 0 Å². The largest absolute Gasteiger partial charge is 0.468 e. The Hall–Kier alpha value is -3.17. The van der Waals surface area contributed by atoms with E-state index in [1.165, 1.54) is 6.07 Å². The Bertz CT molecular complexity index is 955. The van der Waals surface area contributed by atoms with Gasteiger partial charge in [-0.15, -0.1) is 0 Å². The molecule has 0 unspecified atom stereocenters. The molecular formula is C17H16F3N5O2. The van der Waals surface area contributed by atoms with Crippen molar-refractivity contribution in [1.82, 2.24) is 25.1 Å². The maximum absolute atomic E-state index is 12.3. The summed E-state index contributed by atoms with van der Waals surface area (Å²) in [5.74, 6) is -0.276. The van der Waals surface area contributed by atoms with Crippen LogP contribution < -0.4 is 10.1 Å². The summed E-state index contributed by atoms with van der Waals surface area (Å²) in [5.41, 5.74) is 1.74. The molecule has 0 aliphatic carbocycles. The Balaban J connectivity index is 1.79. The highest BCUT2D eigenvalue weighted by molar-refractivity contribution is 5.86. The lowest BCUT2D eigenvalue weighted by atomic mass is 10.2. The zero-order valence-corrected chi connectivity index (χ0v) is 14.3. The molecule has 0 fully saturated rings. The first-order chi connectivity index (χ1) is 12.8. The molecule has 0 bridgehead atoms. The standard InChI is InChI=1S/C17H16F3N5O2/c1-21-15(26)7-14-12-9-25(24-13(12)5-6-22-14)8-11-3-2-4-16(23-11)27-10-17(18,19)20/h2-6,9H,7-8,10H2,1H3,(H,21,26). The molecule has 3 aromatic heterocycles. The minimum absolute atomic E-state index is 0.108. The van der Waals surface area contributed by atoms with Gasteiger partial charge in [0, 0.05) is 30.9 Å². The van der Waals surface area contributed by atoms with Crippen LogP contribution in [0, 0.1) is 0 Å². The minimum Gasteiger partial charge on any atom is -0.468 e. The van der Waals surface area contributed by atoms with Gasteiger partial charge in [-0.1, -0.05) is 6.07 Å². The maximum Gasteiger partial charge on any atom is 0.422 e. The number of hydrogen-bond donors (Lipinski definition) is 1. The summed E-state index contributed by atoms with van der Waals surface area (Å²) in [7, 11) is 1.55. The van der Waals surface area contributed by atoms with Crippen molar-refractivity contribution in [3.63, 3.8) is 0 Å². The topological polar surface area (TPSA) is 81.9 Å². The van der Waals surface area contributed by atoms with E-state index in [9.17, 15) is 18.0 Å². The zero-order valence-electron chi connectivity index (χ0n) is 14.3. The fourth-order valence-electron chi connectivity index (χ4n) is 2.46. The first-order valence-electron chi connectivity index (χ1n) is 8.01. The lowest BCUT2D eigenvalue weighted by Crippen LogP contribution is -2.20. The van der Waals surface area contributed by atoms with Crippen LogP contribution in [0.25, 0.3) is 10.9 Å². The third-order valence-corrected chi connectivity index (χ3v) is 3.66. The molecule has 0 spiro atoms. The number of halogens is 3. The molecule has 10 heteroatoms. The minimum atomic E-state index is -4.43. The molecule has 0 aliphatic heterocycles. The molecule has 3 aromatic rings. The van der Waals surface area contributed by atoms with E-state index < -0.39 is 12.8 Å². The number of ether oxygens (including phenoxy) is 1. The van der Waals surface area contributed by atoms with E-state index >= 15 is 0 Å². The van der Waals surface area contributed by atoms with Gasteiger partial charge in [0.05, 0.1) is 29.9 Å². The number of alkyl halides is 3. The molecule has 7 nitrogen and oxygen atoms in total. The molecule has 27 heavy (non-hydrogen) atoms. The molecule has 0 aromatic carbocycles. The fourth-order valence-corrected chi connectivity index (χ4v) is 2.46. The van der Waals surface area contributed by atoms with Crippen LogP contribution in [-0.2, 0) is 17.8 Å². The molecule has 142 valence electrons. The molecule has 0 saturated heterocycles. The van der Waals surface area contributed by atoms with E-state index in [2.05, 4.69) is 25.1 Å². The number of amides is 1. The maximum atomic E-state index is 12.3.